The number of nitrogens with one attached hydrogen (secondary N) is 1. The van der Waals surface area contributed by atoms with Gasteiger partial charge in [0.05, 0.1) is 30.9 Å². The SMILES string of the molecule is CCOC(=O)c1cc(C)cc(C)c1NC(=O)C1([N+](CC)(CC)CC(=O)OCc2ccccc2)CCC1. The molecule has 1 saturated carbocycles. The first-order chi connectivity index (χ1) is 17.2. The van der Waals surface area contributed by atoms with Crippen molar-refractivity contribution in [1.82, 2.24) is 0 Å². The smallest absolute Gasteiger partial charge is 0.362 e. The average Bonchev–Trinajstić information content (AvgIpc) is 2.83. The molecule has 0 aromatic heterocycles. The highest BCUT2D eigenvalue weighted by atomic mass is 16.5. The molecule has 2 aromatic rings. The van der Waals surface area contributed by atoms with E-state index in [4.69, 9.17) is 9.47 Å². The van der Waals surface area contributed by atoms with Crippen LogP contribution in [0.2, 0.25) is 0 Å². The highest BCUT2D eigenvalue weighted by Crippen LogP contribution is 2.44. The summed E-state index contributed by atoms with van der Waals surface area (Å²) in [5.74, 6) is -0.940. The number of carbonyl (C=O) groups excluding carboxylic acids is 3. The Morgan fingerprint density at radius 2 is 1.64 bits per heavy atom. The third-order valence-electron chi connectivity index (χ3n) is 7.61. The van der Waals surface area contributed by atoms with E-state index in [1.807, 2.05) is 64.1 Å². The summed E-state index contributed by atoms with van der Waals surface area (Å²) >= 11 is 0. The second-order valence-electron chi connectivity index (χ2n) is 9.65. The fourth-order valence-corrected chi connectivity index (χ4v) is 5.40. The molecule has 0 bridgehead atoms. The van der Waals surface area contributed by atoms with Gasteiger partial charge in [0.2, 0.25) is 0 Å². The van der Waals surface area contributed by atoms with Gasteiger partial charge in [0, 0.05) is 12.8 Å². The van der Waals surface area contributed by atoms with Crippen LogP contribution in [0, 0.1) is 13.8 Å². The van der Waals surface area contributed by atoms with Crippen LogP contribution >= 0.6 is 0 Å². The van der Waals surface area contributed by atoms with Crippen LogP contribution in [-0.4, -0.2) is 54.1 Å². The molecule has 36 heavy (non-hydrogen) atoms. The van der Waals surface area contributed by atoms with E-state index in [0.29, 0.717) is 41.7 Å². The summed E-state index contributed by atoms with van der Waals surface area (Å²) in [5.41, 5.74) is 2.71. The van der Waals surface area contributed by atoms with Crippen molar-refractivity contribution in [3.8, 4) is 0 Å². The number of carbonyl (C=O) groups is 3. The van der Waals surface area contributed by atoms with Gasteiger partial charge < -0.3 is 19.3 Å². The van der Waals surface area contributed by atoms with Crippen LogP contribution in [0.3, 0.4) is 0 Å². The van der Waals surface area contributed by atoms with Crippen LogP contribution < -0.4 is 5.32 Å². The quantitative estimate of drug-likeness (QED) is 0.353. The molecule has 1 amide bonds. The fraction of sp³-hybridized carbons (Fsp3) is 0.483. The van der Waals surface area contributed by atoms with E-state index >= 15 is 0 Å². The topological polar surface area (TPSA) is 81.7 Å². The first-order valence-corrected chi connectivity index (χ1v) is 12.9. The Morgan fingerprint density at radius 1 is 0.972 bits per heavy atom. The van der Waals surface area contributed by atoms with Crippen molar-refractivity contribution < 1.29 is 28.3 Å². The maximum absolute atomic E-state index is 14.0. The van der Waals surface area contributed by atoms with Crippen LogP contribution in [-0.2, 0) is 25.7 Å². The van der Waals surface area contributed by atoms with E-state index in [2.05, 4.69) is 5.32 Å². The minimum Gasteiger partial charge on any atom is -0.462 e. The predicted molar refractivity (Wildman–Crippen MR) is 140 cm³/mol. The maximum atomic E-state index is 14.0. The number of aryl methyl sites for hydroxylation is 2. The summed E-state index contributed by atoms with van der Waals surface area (Å²) in [5, 5.41) is 3.09. The molecular weight excluding hydrogens is 456 g/mol. The number of amides is 1. The number of esters is 2. The van der Waals surface area contributed by atoms with Crippen molar-refractivity contribution in [2.75, 3.05) is 31.6 Å². The van der Waals surface area contributed by atoms with Crippen LogP contribution in [0.15, 0.2) is 42.5 Å². The van der Waals surface area contributed by atoms with E-state index < -0.39 is 11.5 Å². The zero-order valence-corrected chi connectivity index (χ0v) is 22.2. The molecule has 0 spiro atoms. The summed E-state index contributed by atoms with van der Waals surface area (Å²) in [6.07, 6.45) is 2.25. The van der Waals surface area contributed by atoms with Crippen molar-refractivity contribution in [3.63, 3.8) is 0 Å². The van der Waals surface area contributed by atoms with Gasteiger partial charge in [-0.3, -0.25) is 4.79 Å². The maximum Gasteiger partial charge on any atom is 0.362 e. The van der Waals surface area contributed by atoms with Crippen LogP contribution in [0.5, 0.6) is 0 Å². The van der Waals surface area contributed by atoms with Gasteiger partial charge in [-0.25, -0.2) is 9.59 Å². The first-order valence-electron chi connectivity index (χ1n) is 12.9. The number of nitrogens with zero attached hydrogens (tertiary/aromatic N) is 1. The molecular formula is C29H39N2O5+. The van der Waals surface area contributed by atoms with E-state index in [0.717, 1.165) is 23.1 Å². The van der Waals surface area contributed by atoms with Crippen molar-refractivity contribution in [2.24, 2.45) is 0 Å². The number of anilines is 1. The van der Waals surface area contributed by atoms with Gasteiger partial charge in [0.1, 0.15) is 6.61 Å². The third kappa shape index (κ3) is 5.46. The Balaban J connectivity index is 1.86. The lowest BCUT2D eigenvalue weighted by Crippen LogP contribution is -2.73. The van der Waals surface area contributed by atoms with Gasteiger partial charge in [-0.15, -0.1) is 0 Å². The molecule has 1 N–H and O–H groups in total. The average molecular weight is 496 g/mol. The van der Waals surface area contributed by atoms with Gasteiger partial charge in [0.25, 0.3) is 5.91 Å². The van der Waals surface area contributed by atoms with Crippen molar-refractivity contribution in [2.45, 2.75) is 66.0 Å². The van der Waals surface area contributed by atoms with Crippen LogP contribution in [0.1, 0.15) is 67.1 Å². The zero-order chi connectivity index (χ0) is 26.3. The minimum atomic E-state index is -0.765. The van der Waals surface area contributed by atoms with E-state index in [-0.39, 0.29) is 31.6 Å². The largest absolute Gasteiger partial charge is 0.462 e. The van der Waals surface area contributed by atoms with E-state index in [9.17, 15) is 14.4 Å². The summed E-state index contributed by atoms with van der Waals surface area (Å²) in [4.78, 5) is 39.7. The Labute approximate surface area is 214 Å². The highest BCUT2D eigenvalue weighted by molar-refractivity contribution is 6.05. The lowest BCUT2D eigenvalue weighted by atomic mass is 9.72. The number of hydrogen-bond donors (Lipinski definition) is 1. The summed E-state index contributed by atoms with van der Waals surface area (Å²) in [6.45, 7) is 11.4. The predicted octanol–water partition coefficient (Wildman–Crippen LogP) is 4.94. The zero-order valence-electron chi connectivity index (χ0n) is 22.2. The number of likely N-dealkylation sites (N-methyl/N-ethyl adjacent to an activating group) is 1. The van der Waals surface area contributed by atoms with Gasteiger partial charge in [-0.1, -0.05) is 36.4 Å². The van der Waals surface area contributed by atoms with E-state index in [1.54, 1.807) is 13.0 Å². The Kier molecular flexibility index (Phi) is 8.90. The molecule has 0 atom stereocenters. The first kappa shape index (κ1) is 27.4. The number of benzene rings is 2. The molecule has 0 heterocycles. The molecule has 3 rings (SSSR count). The standard InChI is InChI=1S/C29H38N2O5/c1-6-31(7-2,19-25(32)36-20-23-13-10-9-11-14-23)29(15-12-16-29)28(34)30-26-22(5)17-21(4)18-24(26)27(33)35-8-3/h9-11,13-14,17-18H,6-8,12,15-16,19-20H2,1-5H3/p+1. The van der Waals surface area contributed by atoms with Crippen molar-refractivity contribution >= 4 is 23.5 Å². The van der Waals surface area contributed by atoms with Crippen LogP contribution in [0.25, 0.3) is 0 Å². The van der Waals surface area contributed by atoms with Gasteiger partial charge >= 0.3 is 11.9 Å². The molecule has 194 valence electrons. The molecule has 2 aromatic carbocycles. The van der Waals surface area contributed by atoms with Crippen molar-refractivity contribution in [3.05, 3.63) is 64.7 Å². The van der Waals surface area contributed by atoms with Gasteiger partial charge in [-0.2, -0.15) is 0 Å². The van der Waals surface area contributed by atoms with Crippen molar-refractivity contribution in [1.29, 1.82) is 0 Å². The number of hydrogen-bond acceptors (Lipinski definition) is 5. The molecule has 7 nitrogen and oxygen atoms in total. The summed E-state index contributed by atoms with van der Waals surface area (Å²) in [7, 11) is 0. The molecule has 0 aliphatic heterocycles. The fourth-order valence-electron chi connectivity index (χ4n) is 5.40. The minimum absolute atomic E-state index is 0.116. The van der Waals surface area contributed by atoms with Crippen LogP contribution in [0.4, 0.5) is 5.69 Å². The normalized spacial score (nSPS) is 14.5. The Morgan fingerprint density at radius 3 is 2.19 bits per heavy atom. The molecule has 1 fully saturated rings. The number of quaternary nitrogens is 1. The molecule has 0 unspecified atom stereocenters. The second-order valence-corrected chi connectivity index (χ2v) is 9.65. The molecule has 0 radical (unpaired) electrons. The summed E-state index contributed by atoms with van der Waals surface area (Å²) < 4.78 is 11.2. The van der Waals surface area contributed by atoms with E-state index in [1.165, 1.54) is 0 Å². The van der Waals surface area contributed by atoms with Gasteiger partial charge in [0.15, 0.2) is 12.1 Å². The second kappa shape index (κ2) is 11.7. The lowest BCUT2D eigenvalue weighted by Gasteiger charge is -2.55. The van der Waals surface area contributed by atoms with Gasteiger partial charge in [-0.05, 0) is 63.8 Å². The highest BCUT2D eigenvalue weighted by Gasteiger charge is 2.60. The number of rotatable bonds is 11. The third-order valence-corrected chi connectivity index (χ3v) is 7.61. The molecule has 0 saturated heterocycles. The molecule has 1 aliphatic rings. The lowest BCUT2D eigenvalue weighted by molar-refractivity contribution is -0.963. The Hall–Kier alpha value is -3.19. The Bertz CT molecular complexity index is 1090. The monoisotopic (exact) mass is 495 g/mol. The molecule has 1 aliphatic carbocycles. The molecule has 7 heteroatoms. The number of ether oxygens (including phenoxy) is 2. The summed E-state index contributed by atoms with van der Waals surface area (Å²) in [6, 6.07) is 13.3.